The number of sulfonamides is 1. The molecular weight excluding hydrogens is 368 g/mol. The molecule has 3 rings (SSSR count). The van der Waals surface area contributed by atoms with Crippen molar-refractivity contribution in [1.29, 1.82) is 0 Å². The summed E-state index contributed by atoms with van der Waals surface area (Å²) in [6, 6.07) is 14.0. The zero-order valence-electron chi connectivity index (χ0n) is 14.5. The van der Waals surface area contributed by atoms with Crippen molar-refractivity contribution in [2.45, 2.75) is 17.7 Å². The fourth-order valence-electron chi connectivity index (χ4n) is 3.06. The van der Waals surface area contributed by atoms with Crippen molar-refractivity contribution >= 4 is 27.6 Å². The quantitative estimate of drug-likeness (QED) is 0.819. The Morgan fingerprint density at radius 3 is 2.33 bits per heavy atom. The molecule has 0 aromatic heterocycles. The van der Waals surface area contributed by atoms with E-state index in [4.69, 9.17) is 5.11 Å². The molecule has 0 bridgehead atoms. The number of anilines is 1. The van der Waals surface area contributed by atoms with Crippen LogP contribution in [0.15, 0.2) is 59.5 Å². The Morgan fingerprint density at radius 1 is 1.04 bits per heavy atom. The molecule has 1 heterocycles. The molecule has 1 fully saturated rings. The second kappa shape index (κ2) is 7.89. The number of rotatable bonds is 5. The van der Waals surface area contributed by atoms with Gasteiger partial charge in [-0.2, -0.15) is 4.31 Å². The molecule has 27 heavy (non-hydrogen) atoms. The monoisotopic (exact) mass is 388 g/mol. The van der Waals surface area contributed by atoms with Gasteiger partial charge in [-0.05, 0) is 49.2 Å². The summed E-state index contributed by atoms with van der Waals surface area (Å²) in [5.74, 6) is -1.77. The molecule has 2 aromatic rings. The van der Waals surface area contributed by atoms with Gasteiger partial charge in [0.05, 0.1) is 16.4 Å². The van der Waals surface area contributed by atoms with Gasteiger partial charge in [0.1, 0.15) is 0 Å². The Labute approximate surface area is 157 Å². The predicted molar refractivity (Wildman–Crippen MR) is 100.0 cm³/mol. The van der Waals surface area contributed by atoms with Gasteiger partial charge in [-0.25, -0.2) is 13.2 Å². The van der Waals surface area contributed by atoms with Gasteiger partial charge in [0.2, 0.25) is 15.9 Å². The van der Waals surface area contributed by atoms with Crippen LogP contribution in [0.4, 0.5) is 5.69 Å². The lowest BCUT2D eigenvalue weighted by Gasteiger charge is -2.31. The van der Waals surface area contributed by atoms with E-state index in [9.17, 15) is 18.0 Å². The van der Waals surface area contributed by atoms with E-state index in [1.54, 1.807) is 30.3 Å². The van der Waals surface area contributed by atoms with Gasteiger partial charge in [0.25, 0.3) is 0 Å². The molecule has 2 N–H and O–H groups in total. The average Bonchev–Trinajstić information content (AvgIpc) is 2.69. The number of carbonyl (C=O) groups is 2. The van der Waals surface area contributed by atoms with Gasteiger partial charge in [-0.15, -0.1) is 0 Å². The molecule has 1 atom stereocenters. The number of carbonyl (C=O) groups excluding carboxylic acids is 1. The van der Waals surface area contributed by atoms with Crippen molar-refractivity contribution in [3.8, 4) is 0 Å². The maximum atomic E-state index is 12.8. The third kappa shape index (κ3) is 4.35. The van der Waals surface area contributed by atoms with Crippen LogP contribution in [0.3, 0.4) is 0 Å². The van der Waals surface area contributed by atoms with Crippen LogP contribution in [0.2, 0.25) is 0 Å². The number of hydrogen-bond donors (Lipinski definition) is 2. The molecule has 0 saturated carbocycles. The third-order valence-corrected chi connectivity index (χ3v) is 6.41. The zero-order chi connectivity index (χ0) is 19.4. The Morgan fingerprint density at radius 2 is 1.70 bits per heavy atom. The summed E-state index contributed by atoms with van der Waals surface area (Å²) in [6.07, 6.45) is 1.20. The van der Waals surface area contributed by atoms with Crippen LogP contribution in [-0.4, -0.2) is 42.8 Å². The van der Waals surface area contributed by atoms with Crippen LogP contribution in [0.5, 0.6) is 0 Å². The standard InChI is InChI=1S/C19H20N2O5S/c22-18(20-16-10-8-14(9-11-16)19(23)24)15-5-4-12-21(13-15)27(25,26)17-6-2-1-3-7-17/h1-3,6-11,15H,4-5,12-13H2,(H,20,22)(H,23,24). The highest BCUT2D eigenvalue weighted by Gasteiger charge is 2.33. The number of aromatic carboxylic acids is 1. The van der Waals surface area contributed by atoms with Crippen molar-refractivity contribution < 1.29 is 23.1 Å². The van der Waals surface area contributed by atoms with Gasteiger partial charge in [-0.1, -0.05) is 18.2 Å². The van der Waals surface area contributed by atoms with Crippen molar-refractivity contribution in [2.75, 3.05) is 18.4 Å². The number of hydrogen-bond acceptors (Lipinski definition) is 4. The van der Waals surface area contributed by atoms with Crippen molar-refractivity contribution in [3.05, 3.63) is 60.2 Å². The van der Waals surface area contributed by atoms with E-state index >= 15 is 0 Å². The molecule has 1 amide bonds. The number of benzene rings is 2. The minimum Gasteiger partial charge on any atom is -0.478 e. The topological polar surface area (TPSA) is 104 Å². The Balaban J connectivity index is 1.68. The number of nitrogens with one attached hydrogen (secondary N) is 1. The van der Waals surface area contributed by atoms with Crippen LogP contribution in [0, 0.1) is 5.92 Å². The molecular formula is C19H20N2O5S. The summed E-state index contributed by atoms with van der Waals surface area (Å²) in [5, 5.41) is 11.6. The third-order valence-electron chi connectivity index (χ3n) is 4.54. The number of amides is 1. The Bertz CT molecular complexity index is 926. The SMILES string of the molecule is O=C(O)c1ccc(NC(=O)C2CCCN(S(=O)(=O)c3ccccc3)C2)cc1. The fourth-order valence-corrected chi connectivity index (χ4v) is 4.60. The summed E-state index contributed by atoms with van der Waals surface area (Å²) in [7, 11) is -3.63. The highest BCUT2D eigenvalue weighted by Crippen LogP contribution is 2.24. The first kappa shape index (κ1) is 19.1. The highest BCUT2D eigenvalue weighted by atomic mass is 32.2. The molecule has 1 aliphatic rings. The van der Waals surface area contributed by atoms with E-state index in [1.807, 2.05) is 0 Å². The first-order valence-electron chi connectivity index (χ1n) is 8.57. The molecule has 0 radical (unpaired) electrons. The van der Waals surface area contributed by atoms with E-state index in [-0.39, 0.29) is 22.9 Å². The second-order valence-electron chi connectivity index (χ2n) is 6.39. The number of nitrogens with zero attached hydrogens (tertiary/aromatic N) is 1. The minimum atomic E-state index is -3.63. The lowest BCUT2D eigenvalue weighted by Crippen LogP contribution is -2.43. The van der Waals surface area contributed by atoms with Gasteiger partial charge in [0, 0.05) is 18.8 Å². The molecule has 8 heteroatoms. The van der Waals surface area contributed by atoms with Gasteiger partial charge >= 0.3 is 5.97 Å². The van der Waals surface area contributed by atoms with E-state index in [0.717, 1.165) is 0 Å². The van der Waals surface area contributed by atoms with E-state index < -0.39 is 21.9 Å². The van der Waals surface area contributed by atoms with Crippen molar-refractivity contribution in [1.82, 2.24) is 4.31 Å². The predicted octanol–water partition coefficient (Wildman–Crippen LogP) is 2.42. The zero-order valence-corrected chi connectivity index (χ0v) is 15.4. The summed E-state index contributed by atoms with van der Waals surface area (Å²) >= 11 is 0. The van der Waals surface area contributed by atoms with Crippen LogP contribution >= 0.6 is 0 Å². The first-order chi connectivity index (χ1) is 12.9. The highest BCUT2D eigenvalue weighted by molar-refractivity contribution is 7.89. The first-order valence-corrected chi connectivity index (χ1v) is 10.0. The van der Waals surface area contributed by atoms with Gasteiger partial charge in [-0.3, -0.25) is 4.79 Å². The van der Waals surface area contributed by atoms with E-state index in [1.165, 1.54) is 28.6 Å². The summed E-state index contributed by atoms with van der Waals surface area (Å²) in [4.78, 5) is 23.6. The molecule has 0 spiro atoms. The van der Waals surface area contributed by atoms with E-state index in [0.29, 0.717) is 25.1 Å². The maximum absolute atomic E-state index is 12.8. The van der Waals surface area contributed by atoms with Crippen molar-refractivity contribution in [2.24, 2.45) is 5.92 Å². The smallest absolute Gasteiger partial charge is 0.335 e. The Kier molecular flexibility index (Phi) is 5.57. The molecule has 2 aromatic carbocycles. The van der Waals surface area contributed by atoms with Crippen LogP contribution in [-0.2, 0) is 14.8 Å². The number of carboxylic acid groups (broad SMARTS) is 1. The molecule has 1 saturated heterocycles. The molecule has 1 aliphatic heterocycles. The largest absolute Gasteiger partial charge is 0.478 e. The van der Waals surface area contributed by atoms with E-state index in [2.05, 4.69) is 5.32 Å². The number of carboxylic acids is 1. The summed E-state index contributed by atoms with van der Waals surface area (Å²) in [6.45, 7) is 0.505. The Hall–Kier alpha value is -2.71. The summed E-state index contributed by atoms with van der Waals surface area (Å²) in [5.41, 5.74) is 0.610. The van der Waals surface area contributed by atoms with Gasteiger partial charge in [0.15, 0.2) is 0 Å². The molecule has 142 valence electrons. The average molecular weight is 388 g/mol. The van der Waals surface area contributed by atoms with Crippen LogP contribution in [0.1, 0.15) is 23.2 Å². The van der Waals surface area contributed by atoms with Gasteiger partial charge < -0.3 is 10.4 Å². The summed E-state index contributed by atoms with van der Waals surface area (Å²) < 4.78 is 26.9. The fraction of sp³-hybridized carbons (Fsp3) is 0.263. The van der Waals surface area contributed by atoms with Crippen LogP contribution < -0.4 is 5.32 Å². The lowest BCUT2D eigenvalue weighted by atomic mass is 9.98. The second-order valence-corrected chi connectivity index (χ2v) is 8.32. The molecule has 1 unspecified atom stereocenters. The van der Waals surface area contributed by atoms with Crippen molar-refractivity contribution in [3.63, 3.8) is 0 Å². The molecule has 0 aliphatic carbocycles. The minimum absolute atomic E-state index is 0.121. The molecule has 7 nitrogen and oxygen atoms in total. The number of piperidine rings is 1. The van der Waals surface area contributed by atoms with Crippen LogP contribution in [0.25, 0.3) is 0 Å². The normalized spacial score (nSPS) is 18.0. The lowest BCUT2D eigenvalue weighted by molar-refractivity contribution is -0.120. The maximum Gasteiger partial charge on any atom is 0.335 e.